The van der Waals surface area contributed by atoms with Crippen molar-refractivity contribution < 1.29 is 9.59 Å². The van der Waals surface area contributed by atoms with Crippen LogP contribution < -0.4 is 10.6 Å². The van der Waals surface area contributed by atoms with Gasteiger partial charge in [0.2, 0.25) is 5.82 Å². The lowest BCUT2D eigenvalue weighted by Crippen LogP contribution is -2.16. The number of carbonyl (C=O) groups is 2. The Labute approximate surface area is 174 Å². The van der Waals surface area contributed by atoms with Gasteiger partial charge in [0.15, 0.2) is 5.69 Å². The predicted octanol–water partition coefficient (Wildman–Crippen LogP) is 4.76. The molecule has 0 unspecified atom stereocenters. The molecule has 4 rings (SSSR count). The van der Waals surface area contributed by atoms with Crippen LogP contribution >= 0.6 is 0 Å². The molecule has 2 aromatic heterocycles. The summed E-state index contributed by atoms with van der Waals surface area (Å²) < 4.78 is 1.63. The van der Waals surface area contributed by atoms with Gasteiger partial charge in [0.1, 0.15) is 0 Å². The van der Waals surface area contributed by atoms with Crippen LogP contribution in [0, 0.1) is 20.8 Å². The molecule has 2 N–H and O–H groups in total. The van der Waals surface area contributed by atoms with Crippen LogP contribution in [0.4, 0.5) is 11.4 Å². The minimum atomic E-state index is -0.379. The van der Waals surface area contributed by atoms with E-state index in [1.807, 2.05) is 69.3 Å². The van der Waals surface area contributed by atoms with Crippen LogP contribution in [-0.2, 0) is 0 Å². The van der Waals surface area contributed by atoms with E-state index in [2.05, 4.69) is 15.6 Å². The number of imidazole rings is 1. The molecule has 0 saturated heterocycles. The highest BCUT2D eigenvalue weighted by atomic mass is 16.2. The number of pyridine rings is 1. The van der Waals surface area contributed by atoms with E-state index in [4.69, 9.17) is 0 Å². The van der Waals surface area contributed by atoms with Crippen molar-refractivity contribution in [2.45, 2.75) is 20.8 Å². The van der Waals surface area contributed by atoms with E-state index in [-0.39, 0.29) is 23.3 Å². The van der Waals surface area contributed by atoms with Gasteiger partial charge in [0.25, 0.3) is 11.8 Å². The predicted molar refractivity (Wildman–Crippen MR) is 118 cm³/mol. The van der Waals surface area contributed by atoms with Crippen LogP contribution in [0.2, 0.25) is 0 Å². The maximum Gasteiger partial charge on any atom is 0.292 e. The zero-order valence-corrected chi connectivity index (χ0v) is 17.1. The average molecular weight is 398 g/mol. The smallest absolute Gasteiger partial charge is 0.292 e. The van der Waals surface area contributed by atoms with E-state index in [1.165, 1.54) is 0 Å². The number of anilines is 2. The molecule has 2 amide bonds. The van der Waals surface area contributed by atoms with Gasteiger partial charge in [-0.05, 0) is 73.9 Å². The molecule has 0 aliphatic rings. The second-order valence-electron chi connectivity index (χ2n) is 7.39. The van der Waals surface area contributed by atoms with Crippen molar-refractivity contribution >= 4 is 28.7 Å². The van der Waals surface area contributed by atoms with Crippen LogP contribution in [0.5, 0.6) is 0 Å². The van der Waals surface area contributed by atoms with Crippen LogP contribution in [0.1, 0.15) is 37.8 Å². The van der Waals surface area contributed by atoms with Gasteiger partial charge in [-0.3, -0.25) is 14.0 Å². The minimum Gasteiger partial charge on any atom is -0.321 e. The number of aryl methyl sites for hydroxylation is 3. The Kier molecular flexibility index (Phi) is 5.06. The Morgan fingerprint density at radius 3 is 2.20 bits per heavy atom. The lowest BCUT2D eigenvalue weighted by molar-refractivity contribution is 0.101. The molecule has 2 heterocycles. The molecule has 0 spiro atoms. The topological polar surface area (TPSA) is 75.5 Å². The quantitative estimate of drug-likeness (QED) is 0.520. The third kappa shape index (κ3) is 3.93. The molecule has 0 radical (unpaired) electrons. The number of carbonyl (C=O) groups excluding carboxylic acids is 2. The van der Waals surface area contributed by atoms with E-state index in [9.17, 15) is 9.59 Å². The van der Waals surface area contributed by atoms with Gasteiger partial charge in [-0.15, -0.1) is 0 Å². The summed E-state index contributed by atoms with van der Waals surface area (Å²) in [6, 6.07) is 18.7. The number of hydrogen-bond donors (Lipinski definition) is 2. The highest BCUT2D eigenvalue weighted by molar-refractivity contribution is 6.10. The molecular weight excluding hydrogens is 376 g/mol. The molecule has 0 aliphatic heterocycles. The second kappa shape index (κ2) is 7.83. The van der Waals surface area contributed by atoms with Crippen molar-refractivity contribution in [3.8, 4) is 0 Å². The minimum absolute atomic E-state index is 0.152. The van der Waals surface area contributed by atoms with Crippen molar-refractivity contribution in [2.75, 3.05) is 10.6 Å². The standard InChI is InChI=1S/C24H22N4O2/c1-15-7-6-8-18(12-15)25-23(29)21-20-9-4-5-10-28(20)22(27-21)24(30)26-19-13-16(2)11-17(3)14-19/h4-14H,1-3H3,(H,25,29)(H,26,30). The average Bonchev–Trinajstić information content (AvgIpc) is 3.07. The summed E-state index contributed by atoms with van der Waals surface area (Å²) in [6.45, 7) is 5.90. The first-order valence-electron chi connectivity index (χ1n) is 9.65. The van der Waals surface area contributed by atoms with E-state index in [0.717, 1.165) is 16.7 Å². The van der Waals surface area contributed by atoms with Gasteiger partial charge in [-0.1, -0.05) is 24.3 Å². The summed E-state index contributed by atoms with van der Waals surface area (Å²) in [7, 11) is 0. The Morgan fingerprint density at radius 2 is 1.47 bits per heavy atom. The van der Waals surface area contributed by atoms with Gasteiger partial charge < -0.3 is 10.6 Å². The number of rotatable bonds is 4. The van der Waals surface area contributed by atoms with Crippen molar-refractivity contribution in [3.05, 3.63) is 95.1 Å². The molecule has 30 heavy (non-hydrogen) atoms. The monoisotopic (exact) mass is 398 g/mol. The highest BCUT2D eigenvalue weighted by Gasteiger charge is 2.22. The van der Waals surface area contributed by atoms with Gasteiger partial charge in [-0.25, -0.2) is 4.98 Å². The van der Waals surface area contributed by atoms with E-state index >= 15 is 0 Å². The van der Waals surface area contributed by atoms with E-state index < -0.39 is 0 Å². The zero-order chi connectivity index (χ0) is 21.3. The van der Waals surface area contributed by atoms with Crippen LogP contribution in [0.3, 0.4) is 0 Å². The largest absolute Gasteiger partial charge is 0.321 e. The molecule has 4 aromatic rings. The molecule has 6 nitrogen and oxygen atoms in total. The van der Waals surface area contributed by atoms with Gasteiger partial charge in [0.05, 0.1) is 5.52 Å². The Balaban J connectivity index is 1.68. The van der Waals surface area contributed by atoms with E-state index in [1.54, 1.807) is 22.7 Å². The third-order valence-corrected chi connectivity index (χ3v) is 4.72. The van der Waals surface area contributed by atoms with Crippen LogP contribution in [0.25, 0.3) is 5.52 Å². The molecule has 2 aromatic carbocycles. The van der Waals surface area contributed by atoms with Crippen molar-refractivity contribution in [2.24, 2.45) is 0 Å². The Bertz CT molecular complexity index is 1250. The summed E-state index contributed by atoms with van der Waals surface area (Å²) in [5, 5.41) is 5.75. The van der Waals surface area contributed by atoms with Crippen molar-refractivity contribution in [1.29, 1.82) is 0 Å². The maximum atomic E-state index is 13.0. The summed E-state index contributed by atoms with van der Waals surface area (Å²) in [5.41, 5.74) is 5.27. The molecular formula is C24H22N4O2. The first-order chi connectivity index (χ1) is 14.4. The molecule has 0 aliphatic carbocycles. The van der Waals surface area contributed by atoms with Gasteiger partial charge in [-0.2, -0.15) is 0 Å². The molecule has 0 bridgehead atoms. The molecule has 0 saturated carbocycles. The van der Waals surface area contributed by atoms with Crippen molar-refractivity contribution in [1.82, 2.24) is 9.38 Å². The lowest BCUT2D eigenvalue weighted by atomic mass is 10.1. The maximum absolute atomic E-state index is 13.0. The Hall–Kier alpha value is -3.93. The number of fused-ring (bicyclic) bond motifs is 1. The fourth-order valence-corrected chi connectivity index (χ4v) is 3.51. The third-order valence-electron chi connectivity index (χ3n) is 4.72. The molecule has 150 valence electrons. The number of aromatic nitrogens is 2. The summed E-state index contributed by atoms with van der Waals surface area (Å²) in [4.78, 5) is 30.3. The van der Waals surface area contributed by atoms with Gasteiger partial charge in [0, 0.05) is 17.6 Å². The lowest BCUT2D eigenvalue weighted by Gasteiger charge is -2.07. The number of nitrogens with one attached hydrogen (secondary N) is 2. The van der Waals surface area contributed by atoms with Crippen molar-refractivity contribution in [3.63, 3.8) is 0 Å². The first kappa shape index (κ1) is 19.4. The summed E-state index contributed by atoms with van der Waals surface area (Å²) >= 11 is 0. The first-order valence-corrected chi connectivity index (χ1v) is 9.65. The summed E-state index contributed by atoms with van der Waals surface area (Å²) in [6.07, 6.45) is 1.72. The number of amides is 2. The van der Waals surface area contributed by atoms with Crippen LogP contribution in [-0.4, -0.2) is 21.2 Å². The Morgan fingerprint density at radius 1 is 0.767 bits per heavy atom. The fourth-order valence-electron chi connectivity index (χ4n) is 3.51. The summed E-state index contributed by atoms with van der Waals surface area (Å²) in [5.74, 6) is -0.593. The van der Waals surface area contributed by atoms with Gasteiger partial charge >= 0.3 is 0 Å². The zero-order valence-electron chi connectivity index (χ0n) is 17.1. The fraction of sp³-hybridized carbons (Fsp3) is 0.125. The molecule has 0 atom stereocenters. The number of nitrogens with zero attached hydrogens (tertiary/aromatic N) is 2. The van der Waals surface area contributed by atoms with E-state index in [0.29, 0.717) is 16.9 Å². The highest BCUT2D eigenvalue weighted by Crippen LogP contribution is 2.19. The van der Waals surface area contributed by atoms with Crippen LogP contribution in [0.15, 0.2) is 66.9 Å². The normalized spacial score (nSPS) is 10.8. The number of benzene rings is 2. The molecule has 6 heteroatoms. The second-order valence-corrected chi connectivity index (χ2v) is 7.39. The SMILES string of the molecule is Cc1cccc(NC(=O)c2nc(C(=O)Nc3cc(C)cc(C)c3)n3ccccc23)c1. The number of hydrogen-bond acceptors (Lipinski definition) is 3. The molecule has 0 fully saturated rings.